The van der Waals surface area contributed by atoms with Gasteiger partial charge < -0.3 is 10.2 Å². The van der Waals surface area contributed by atoms with E-state index in [9.17, 15) is 14.4 Å². The number of allylic oxidation sites excluding steroid dienone is 2. The van der Waals surface area contributed by atoms with Gasteiger partial charge in [-0.25, -0.2) is 0 Å². The highest BCUT2D eigenvalue weighted by Gasteiger charge is 2.59. The van der Waals surface area contributed by atoms with Crippen LogP contribution in [0.4, 0.5) is 0 Å². The summed E-state index contributed by atoms with van der Waals surface area (Å²) in [5.41, 5.74) is 0. The molecule has 4 aliphatic rings. The Bertz CT molecular complexity index is 549. The summed E-state index contributed by atoms with van der Waals surface area (Å²) < 4.78 is 0. The Morgan fingerprint density at radius 3 is 2.39 bits per heavy atom. The van der Waals surface area contributed by atoms with Crippen LogP contribution in [-0.4, -0.2) is 59.7 Å². The van der Waals surface area contributed by atoms with Crippen LogP contribution in [0, 0.1) is 23.7 Å². The standard InChI is InChI=1S/C16H21N3O3.ClH/c1-9-7-18(5-4-17-9)12(20)8-19-15(21)13-10-2-3-11(6-10)14(13)16(19)22;/h2-3,9-11,13-14,17H,4-8H2,1H3;1H/t9-,10?,11?,13?,14?;/m1./s1. The Morgan fingerprint density at radius 1 is 1.22 bits per heavy atom. The normalized spacial score (nSPS) is 38.0. The molecule has 0 aromatic rings. The van der Waals surface area contributed by atoms with Crippen molar-refractivity contribution in [3.8, 4) is 0 Å². The maximum Gasteiger partial charge on any atom is 0.242 e. The highest BCUT2D eigenvalue weighted by molar-refractivity contribution is 6.08. The van der Waals surface area contributed by atoms with Gasteiger partial charge in [-0.1, -0.05) is 12.2 Å². The molecular formula is C16H22ClN3O3. The number of carbonyl (C=O) groups excluding carboxylic acids is 3. The highest BCUT2D eigenvalue weighted by Crippen LogP contribution is 2.52. The fourth-order valence-electron chi connectivity index (χ4n) is 4.51. The predicted molar refractivity (Wildman–Crippen MR) is 85.7 cm³/mol. The summed E-state index contributed by atoms with van der Waals surface area (Å²) in [6.07, 6.45) is 5.06. The zero-order chi connectivity index (χ0) is 15.4. The van der Waals surface area contributed by atoms with Crippen LogP contribution < -0.4 is 5.32 Å². The molecule has 23 heavy (non-hydrogen) atoms. The SMILES string of the molecule is C[C@@H]1CN(C(=O)CN2C(=O)C3C4C=CC(C4)C3C2=O)CCN1.Cl. The van der Waals surface area contributed by atoms with Crippen molar-refractivity contribution in [2.24, 2.45) is 23.7 Å². The third kappa shape index (κ3) is 2.48. The molecule has 7 heteroatoms. The van der Waals surface area contributed by atoms with E-state index in [1.807, 2.05) is 6.92 Å². The lowest BCUT2D eigenvalue weighted by Gasteiger charge is -2.32. The van der Waals surface area contributed by atoms with Crippen LogP contribution in [0.2, 0.25) is 0 Å². The first kappa shape index (κ1) is 16.5. The van der Waals surface area contributed by atoms with Gasteiger partial charge in [0, 0.05) is 25.7 Å². The minimum absolute atomic E-state index is 0. The topological polar surface area (TPSA) is 69.7 Å². The second kappa shape index (κ2) is 5.91. The van der Waals surface area contributed by atoms with Gasteiger partial charge in [-0.05, 0) is 25.2 Å². The van der Waals surface area contributed by atoms with Crippen molar-refractivity contribution in [2.75, 3.05) is 26.2 Å². The minimum Gasteiger partial charge on any atom is -0.338 e. The number of nitrogens with zero attached hydrogens (tertiary/aromatic N) is 2. The van der Waals surface area contributed by atoms with Gasteiger partial charge in [0.05, 0.1) is 11.8 Å². The van der Waals surface area contributed by atoms with Crippen LogP contribution in [-0.2, 0) is 14.4 Å². The molecule has 3 amide bonds. The van der Waals surface area contributed by atoms with Gasteiger partial charge in [-0.3, -0.25) is 19.3 Å². The number of nitrogens with one attached hydrogen (secondary N) is 1. The van der Waals surface area contributed by atoms with Crippen molar-refractivity contribution >= 4 is 30.1 Å². The number of fused-ring (bicyclic) bond motifs is 5. The molecule has 1 saturated carbocycles. The van der Waals surface area contributed by atoms with Crippen molar-refractivity contribution in [1.82, 2.24) is 15.1 Å². The van der Waals surface area contributed by atoms with Gasteiger partial charge in [-0.2, -0.15) is 0 Å². The second-order valence-electron chi connectivity index (χ2n) is 6.96. The molecule has 4 rings (SSSR count). The lowest BCUT2D eigenvalue weighted by molar-refractivity contribution is -0.147. The number of halogens is 1. The summed E-state index contributed by atoms with van der Waals surface area (Å²) in [6.45, 7) is 3.97. The monoisotopic (exact) mass is 339 g/mol. The van der Waals surface area contributed by atoms with E-state index < -0.39 is 0 Å². The summed E-state index contributed by atoms with van der Waals surface area (Å²) in [4.78, 5) is 40.5. The average Bonchev–Trinajstić information content (AvgIpc) is 3.17. The number of piperazine rings is 1. The lowest BCUT2D eigenvalue weighted by atomic mass is 9.85. The van der Waals surface area contributed by atoms with E-state index in [0.717, 1.165) is 13.0 Å². The van der Waals surface area contributed by atoms with E-state index in [0.29, 0.717) is 13.1 Å². The number of hydrogen-bond donors (Lipinski definition) is 1. The molecule has 5 atom stereocenters. The molecule has 0 aromatic heterocycles. The molecule has 2 aliphatic carbocycles. The summed E-state index contributed by atoms with van der Waals surface area (Å²) in [6, 6.07) is 0.252. The first-order valence-electron chi connectivity index (χ1n) is 8.11. The molecule has 2 saturated heterocycles. The maximum absolute atomic E-state index is 12.6. The molecule has 6 nitrogen and oxygen atoms in total. The van der Waals surface area contributed by atoms with E-state index >= 15 is 0 Å². The third-order valence-corrected chi connectivity index (χ3v) is 5.58. The molecule has 2 aliphatic heterocycles. The van der Waals surface area contributed by atoms with Gasteiger partial charge in [-0.15, -0.1) is 12.4 Å². The molecule has 4 unspecified atom stereocenters. The third-order valence-electron chi connectivity index (χ3n) is 5.58. The Labute approximate surface area is 141 Å². The zero-order valence-electron chi connectivity index (χ0n) is 13.1. The quantitative estimate of drug-likeness (QED) is 0.569. The number of imide groups is 1. The van der Waals surface area contributed by atoms with Crippen LogP contribution in [0.3, 0.4) is 0 Å². The van der Waals surface area contributed by atoms with Gasteiger partial charge in [0.1, 0.15) is 6.54 Å². The Balaban J connectivity index is 0.00000156. The molecular weight excluding hydrogens is 318 g/mol. The van der Waals surface area contributed by atoms with Crippen molar-refractivity contribution in [3.05, 3.63) is 12.2 Å². The van der Waals surface area contributed by atoms with Gasteiger partial charge in [0.15, 0.2) is 0 Å². The summed E-state index contributed by atoms with van der Waals surface area (Å²) >= 11 is 0. The summed E-state index contributed by atoms with van der Waals surface area (Å²) in [7, 11) is 0. The highest BCUT2D eigenvalue weighted by atomic mass is 35.5. The van der Waals surface area contributed by atoms with Crippen molar-refractivity contribution in [3.63, 3.8) is 0 Å². The second-order valence-corrected chi connectivity index (χ2v) is 6.96. The van der Waals surface area contributed by atoms with Gasteiger partial charge in [0.25, 0.3) is 0 Å². The molecule has 2 bridgehead atoms. The van der Waals surface area contributed by atoms with E-state index in [1.165, 1.54) is 4.90 Å². The van der Waals surface area contributed by atoms with E-state index in [2.05, 4.69) is 17.5 Å². The number of amides is 3. The van der Waals surface area contributed by atoms with Crippen molar-refractivity contribution < 1.29 is 14.4 Å². The Hall–Kier alpha value is -1.40. The largest absolute Gasteiger partial charge is 0.338 e. The Morgan fingerprint density at radius 2 is 1.83 bits per heavy atom. The van der Waals surface area contributed by atoms with Crippen LogP contribution in [0.15, 0.2) is 12.2 Å². The number of likely N-dealkylation sites (tertiary alicyclic amines) is 1. The van der Waals surface area contributed by atoms with Gasteiger partial charge in [0.2, 0.25) is 17.7 Å². The predicted octanol–water partition coefficient (Wildman–Crippen LogP) is 0.0356. The minimum atomic E-state index is -0.211. The smallest absolute Gasteiger partial charge is 0.242 e. The van der Waals surface area contributed by atoms with E-state index in [1.54, 1.807) is 4.90 Å². The lowest BCUT2D eigenvalue weighted by Crippen LogP contribution is -2.54. The number of rotatable bonds is 2. The summed E-state index contributed by atoms with van der Waals surface area (Å²) in [5.74, 6) is -0.409. The van der Waals surface area contributed by atoms with Crippen LogP contribution in [0.25, 0.3) is 0 Å². The maximum atomic E-state index is 12.6. The molecule has 126 valence electrons. The average molecular weight is 340 g/mol. The molecule has 3 fully saturated rings. The Kier molecular flexibility index (Phi) is 4.23. The number of hydrogen-bond acceptors (Lipinski definition) is 4. The molecule has 2 heterocycles. The van der Waals surface area contributed by atoms with Crippen molar-refractivity contribution in [1.29, 1.82) is 0 Å². The van der Waals surface area contributed by atoms with Crippen LogP contribution in [0.1, 0.15) is 13.3 Å². The van der Waals surface area contributed by atoms with Crippen LogP contribution >= 0.6 is 12.4 Å². The van der Waals surface area contributed by atoms with Gasteiger partial charge >= 0.3 is 0 Å². The molecule has 0 aromatic carbocycles. The van der Waals surface area contributed by atoms with Crippen LogP contribution in [0.5, 0.6) is 0 Å². The fraction of sp³-hybridized carbons (Fsp3) is 0.688. The number of carbonyl (C=O) groups is 3. The molecule has 0 radical (unpaired) electrons. The molecule has 0 spiro atoms. The first-order chi connectivity index (χ1) is 10.6. The van der Waals surface area contributed by atoms with E-state index in [4.69, 9.17) is 0 Å². The fourth-order valence-corrected chi connectivity index (χ4v) is 4.51. The first-order valence-corrected chi connectivity index (χ1v) is 8.11. The van der Waals surface area contributed by atoms with E-state index in [-0.39, 0.29) is 66.4 Å². The zero-order valence-corrected chi connectivity index (χ0v) is 13.9. The summed E-state index contributed by atoms with van der Waals surface area (Å²) in [5, 5.41) is 3.28. The molecule has 1 N–H and O–H groups in total. The van der Waals surface area contributed by atoms with Crippen molar-refractivity contribution in [2.45, 2.75) is 19.4 Å².